The molecule has 0 radical (unpaired) electrons. The standard InChI is InChI=1S/C11H15N3O/c1-13-6-4-11(15)14(8-7-13)10-3-2-5-12-9-10/h2-3,5,9H,4,6-8H2,1H3. The third-order valence-electron chi connectivity index (χ3n) is 2.67. The van der Waals surface area contributed by atoms with E-state index in [9.17, 15) is 4.79 Å². The average Bonchev–Trinajstić information content (AvgIpc) is 2.43. The van der Waals surface area contributed by atoms with E-state index in [1.54, 1.807) is 12.4 Å². The maximum Gasteiger partial charge on any atom is 0.228 e. The van der Waals surface area contributed by atoms with Crippen LogP contribution >= 0.6 is 0 Å². The zero-order valence-electron chi connectivity index (χ0n) is 8.89. The minimum atomic E-state index is 0.187. The first kappa shape index (κ1) is 10.1. The van der Waals surface area contributed by atoms with Crippen LogP contribution in [0, 0.1) is 0 Å². The number of anilines is 1. The average molecular weight is 205 g/mol. The molecule has 0 saturated carbocycles. The van der Waals surface area contributed by atoms with Crippen molar-refractivity contribution in [2.45, 2.75) is 6.42 Å². The fourth-order valence-electron chi connectivity index (χ4n) is 1.72. The molecule has 0 bridgehead atoms. The minimum absolute atomic E-state index is 0.187. The molecule has 1 saturated heterocycles. The van der Waals surface area contributed by atoms with Gasteiger partial charge in [0.15, 0.2) is 0 Å². The van der Waals surface area contributed by atoms with Crippen molar-refractivity contribution in [1.82, 2.24) is 9.88 Å². The molecule has 1 aromatic heterocycles. The van der Waals surface area contributed by atoms with E-state index in [-0.39, 0.29) is 5.91 Å². The summed E-state index contributed by atoms with van der Waals surface area (Å²) in [5.74, 6) is 0.187. The minimum Gasteiger partial charge on any atom is -0.310 e. The second-order valence-corrected chi connectivity index (χ2v) is 3.81. The van der Waals surface area contributed by atoms with Gasteiger partial charge in [-0.05, 0) is 19.2 Å². The van der Waals surface area contributed by atoms with Gasteiger partial charge in [0.2, 0.25) is 5.91 Å². The smallest absolute Gasteiger partial charge is 0.228 e. The zero-order valence-corrected chi connectivity index (χ0v) is 8.89. The Bertz CT molecular complexity index is 339. The van der Waals surface area contributed by atoms with E-state index >= 15 is 0 Å². The van der Waals surface area contributed by atoms with Gasteiger partial charge in [-0.2, -0.15) is 0 Å². The molecule has 0 spiro atoms. The van der Waals surface area contributed by atoms with Crippen molar-refractivity contribution in [3.8, 4) is 0 Å². The molecule has 1 fully saturated rings. The molecule has 1 amide bonds. The topological polar surface area (TPSA) is 36.4 Å². The highest BCUT2D eigenvalue weighted by Crippen LogP contribution is 2.14. The number of pyridine rings is 1. The molecule has 4 nitrogen and oxygen atoms in total. The highest BCUT2D eigenvalue weighted by Gasteiger charge is 2.19. The summed E-state index contributed by atoms with van der Waals surface area (Å²) in [6, 6.07) is 3.79. The second kappa shape index (κ2) is 4.40. The lowest BCUT2D eigenvalue weighted by Gasteiger charge is -2.20. The number of carbonyl (C=O) groups excluding carboxylic acids is 1. The Morgan fingerprint density at radius 1 is 1.33 bits per heavy atom. The lowest BCUT2D eigenvalue weighted by molar-refractivity contribution is -0.118. The van der Waals surface area contributed by atoms with Crippen molar-refractivity contribution in [3.63, 3.8) is 0 Å². The van der Waals surface area contributed by atoms with E-state index in [0.717, 1.165) is 25.3 Å². The summed E-state index contributed by atoms with van der Waals surface area (Å²) in [6.07, 6.45) is 4.05. The van der Waals surface area contributed by atoms with Gasteiger partial charge < -0.3 is 9.80 Å². The van der Waals surface area contributed by atoms with E-state index in [4.69, 9.17) is 0 Å². The Hall–Kier alpha value is -1.42. The molecule has 0 aliphatic carbocycles. The Kier molecular flexibility index (Phi) is 2.97. The van der Waals surface area contributed by atoms with Gasteiger partial charge in [-0.3, -0.25) is 9.78 Å². The first-order valence-corrected chi connectivity index (χ1v) is 5.16. The van der Waals surface area contributed by atoms with Gasteiger partial charge >= 0.3 is 0 Å². The molecule has 15 heavy (non-hydrogen) atoms. The largest absolute Gasteiger partial charge is 0.310 e. The summed E-state index contributed by atoms with van der Waals surface area (Å²) in [5.41, 5.74) is 0.901. The van der Waals surface area contributed by atoms with Crippen molar-refractivity contribution >= 4 is 11.6 Å². The molecule has 1 aliphatic heterocycles. The monoisotopic (exact) mass is 205 g/mol. The quantitative estimate of drug-likeness (QED) is 0.679. The first-order chi connectivity index (χ1) is 7.27. The summed E-state index contributed by atoms with van der Waals surface area (Å²) in [7, 11) is 2.04. The van der Waals surface area contributed by atoms with Gasteiger partial charge in [-0.25, -0.2) is 0 Å². The normalized spacial score (nSPS) is 19.0. The highest BCUT2D eigenvalue weighted by atomic mass is 16.2. The molecule has 1 aliphatic rings. The lowest BCUT2D eigenvalue weighted by Crippen LogP contribution is -2.32. The second-order valence-electron chi connectivity index (χ2n) is 3.81. The first-order valence-electron chi connectivity index (χ1n) is 5.16. The van der Waals surface area contributed by atoms with Crippen molar-refractivity contribution < 1.29 is 4.79 Å². The molecule has 2 rings (SSSR count). The number of likely N-dealkylation sites (N-methyl/N-ethyl adjacent to an activating group) is 1. The molecular weight excluding hydrogens is 190 g/mol. The van der Waals surface area contributed by atoms with Gasteiger partial charge in [0.25, 0.3) is 0 Å². The summed E-state index contributed by atoms with van der Waals surface area (Å²) < 4.78 is 0. The predicted molar refractivity (Wildman–Crippen MR) is 58.7 cm³/mol. The number of rotatable bonds is 1. The molecule has 0 aromatic carbocycles. The van der Waals surface area contributed by atoms with E-state index in [0.29, 0.717) is 6.42 Å². The fourth-order valence-corrected chi connectivity index (χ4v) is 1.72. The lowest BCUT2D eigenvalue weighted by atomic mass is 10.3. The van der Waals surface area contributed by atoms with Crippen molar-refractivity contribution in [2.75, 3.05) is 31.6 Å². The van der Waals surface area contributed by atoms with E-state index in [1.165, 1.54) is 0 Å². The van der Waals surface area contributed by atoms with Crippen LogP contribution in [0.4, 0.5) is 5.69 Å². The van der Waals surface area contributed by atoms with Crippen LogP contribution in [0.1, 0.15) is 6.42 Å². The number of hydrogen-bond acceptors (Lipinski definition) is 3. The molecule has 80 valence electrons. The van der Waals surface area contributed by atoms with Crippen molar-refractivity contribution in [3.05, 3.63) is 24.5 Å². The Morgan fingerprint density at radius 3 is 2.93 bits per heavy atom. The van der Waals surface area contributed by atoms with Crippen molar-refractivity contribution in [2.24, 2.45) is 0 Å². The van der Waals surface area contributed by atoms with Crippen LogP contribution in [-0.4, -0.2) is 42.5 Å². The van der Waals surface area contributed by atoms with Gasteiger partial charge in [-0.1, -0.05) is 0 Å². The fraction of sp³-hybridized carbons (Fsp3) is 0.455. The molecule has 1 aromatic rings. The van der Waals surface area contributed by atoms with E-state index in [2.05, 4.69) is 9.88 Å². The van der Waals surface area contributed by atoms with Gasteiger partial charge in [0.1, 0.15) is 0 Å². The maximum absolute atomic E-state index is 11.8. The molecule has 0 unspecified atom stereocenters. The predicted octanol–water partition coefficient (Wildman–Crippen LogP) is 0.750. The Morgan fingerprint density at radius 2 is 2.20 bits per heavy atom. The number of carbonyl (C=O) groups is 1. The third kappa shape index (κ3) is 2.33. The van der Waals surface area contributed by atoms with Crippen LogP contribution in [0.15, 0.2) is 24.5 Å². The van der Waals surface area contributed by atoms with Gasteiger partial charge in [0.05, 0.1) is 11.9 Å². The van der Waals surface area contributed by atoms with Gasteiger partial charge in [0, 0.05) is 32.3 Å². The Balaban J connectivity index is 2.17. The summed E-state index contributed by atoms with van der Waals surface area (Å²) >= 11 is 0. The number of aromatic nitrogens is 1. The molecule has 0 atom stereocenters. The molecule has 0 N–H and O–H groups in total. The number of nitrogens with zero attached hydrogens (tertiary/aromatic N) is 3. The van der Waals surface area contributed by atoms with Crippen LogP contribution in [0.3, 0.4) is 0 Å². The van der Waals surface area contributed by atoms with Gasteiger partial charge in [-0.15, -0.1) is 0 Å². The van der Waals surface area contributed by atoms with Crippen LogP contribution in [-0.2, 0) is 4.79 Å². The third-order valence-corrected chi connectivity index (χ3v) is 2.67. The van der Waals surface area contributed by atoms with Crippen molar-refractivity contribution in [1.29, 1.82) is 0 Å². The van der Waals surface area contributed by atoms with E-state index in [1.807, 2.05) is 24.1 Å². The van der Waals surface area contributed by atoms with Crippen LogP contribution in [0.5, 0.6) is 0 Å². The zero-order chi connectivity index (χ0) is 10.7. The number of hydrogen-bond donors (Lipinski definition) is 0. The molecule has 4 heteroatoms. The maximum atomic E-state index is 11.8. The van der Waals surface area contributed by atoms with Crippen LogP contribution < -0.4 is 4.90 Å². The van der Waals surface area contributed by atoms with Crippen LogP contribution in [0.25, 0.3) is 0 Å². The molecular formula is C11H15N3O. The summed E-state index contributed by atoms with van der Waals surface area (Å²) in [5, 5.41) is 0. The molecule has 2 heterocycles. The highest BCUT2D eigenvalue weighted by molar-refractivity contribution is 5.93. The number of amides is 1. The van der Waals surface area contributed by atoms with Crippen LogP contribution in [0.2, 0.25) is 0 Å². The SMILES string of the molecule is CN1CCC(=O)N(c2cccnc2)CC1. The summed E-state index contributed by atoms with van der Waals surface area (Å²) in [4.78, 5) is 19.9. The Labute approximate surface area is 89.5 Å². The van der Waals surface area contributed by atoms with E-state index < -0.39 is 0 Å². The summed E-state index contributed by atoms with van der Waals surface area (Å²) in [6.45, 7) is 2.51.